The molecule has 0 aliphatic rings. The minimum Gasteiger partial charge on any atom is -0.378 e. The molecule has 0 aromatic heterocycles. The summed E-state index contributed by atoms with van der Waals surface area (Å²) in [6.07, 6.45) is -0.585. The summed E-state index contributed by atoms with van der Waals surface area (Å²) in [6.45, 7) is 0.479. The molecule has 0 aliphatic heterocycles. The molecule has 0 heterocycles. The zero-order valence-electron chi connectivity index (χ0n) is 13.2. The highest BCUT2D eigenvalue weighted by Crippen LogP contribution is 2.17. The van der Waals surface area contributed by atoms with Gasteiger partial charge in [-0.15, -0.1) is 0 Å². The number of benzene rings is 2. The molecule has 1 N–H and O–H groups in total. The van der Waals surface area contributed by atoms with Gasteiger partial charge in [-0.1, -0.05) is 42.5 Å². The molecule has 1 atom stereocenters. The zero-order valence-corrected chi connectivity index (χ0v) is 13.2. The molecule has 116 valence electrons. The summed E-state index contributed by atoms with van der Waals surface area (Å²) in [5, 5.41) is 2.93. The normalized spacial score (nSPS) is 11.8. The van der Waals surface area contributed by atoms with Crippen molar-refractivity contribution in [2.75, 3.05) is 26.1 Å². The van der Waals surface area contributed by atoms with E-state index >= 15 is 0 Å². The summed E-state index contributed by atoms with van der Waals surface area (Å²) in [4.78, 5) is 14.4. The summed E-state index contributed by atoms with van der Waals surface area (Å²) < 4.78 is 5.33. The fourth-order valence-electron chi connectivity index (χ4n) is 2.25. The van der Waals surface area contributed by atoms with E-state index in [1.807, 2.05) is 67.5 Å². The van der Waals surface area contributed by atoms with Crippen LogP contribution in [-0.2, 0) is 16.1 Å². The molecule has 4 nitrogen and oxygen atoms in total. The van der Waals surface area contributed by atoms with E-state index in [4.69, 9.17) is 4.74 Å². The molecule has 1 amide bonds. The van der Waals surface area contributed by atoms with Crippen LogP contribution in [0.4, 0.5) is 5.69 Å². The van der Waals surface area contributed by atoms with Crippen molar-refractivity contribution >= 4 is 11.6 Å². The van der Waals surface area contributed by atoms with Gasteiger partial charge in [0.1, 0.15) is 0 Å². The van der Waals surface area contributed by atoms with Crippen LogP contribution in [-0.4, -0.2) is 27.1 Å². The Kier molecular flexibility index (Phi) is 5.55. The summed E-state index contributed by atoms with van der Waals surface area (Å²) in [7, 11) is 5.53. The van der Waals surface area contributed by atoms with Crippen molar-refractivity contribution in [1.29, 1.82) is 0 Å². The van der Waals surface area contributed by atoms with Crippen LogP contribution in [0.3, 0.4) is 0 Å². The monoisotopic (exact) mass is 298 g/mol. The average Bonchev–Trinajstić information content (AvgIpc) is 2.55. The third-order valence-electron chi connectivity index (χ3n) is 3.47. The van der Waals surface area contributed by atoms with E-state index in [0.29, 0.717) is 6.54 Å². The molecule has 0 spiro atoms. The van der Waals surface area contributed by atoms with E-state index in [-0.39, 0.29) is 5.91 Å². The molecule has 0 bridgehead atoms. The third-order valence-corrected chi connectivity index (χ3v) is 3.47. The summed E-state index contributed by atoms with van der Waals surface area (Å²) >= 11 is 0. The molecular formula is C18H22N2O2. The average molecular weight is 298 g/mol. The van der Waals surface area contributed by atoms with Gasteiger partial charge in [0.15, 0.2) is 6.10 Å². The number of methoxy groups -OCH3 is 1. The first-order valence-corrected chi connectivity index (χ1v) is 7.23. The van der Waals surface area contributed by atoms with E-state index in [2.05, 4.69) is 11.4 Å². The largest absolute Gasteiger partial charge is 0.378 e. The maximum absolute atomic E-state index is 12.3. The van der Waals surface area contributed by atoms with E-state index in [9.17, 15) is 4.79 Å². The highest BCUT2D eigenvalue weighted by atomic mass is 16.5. The van der Waals surface area contributed by atoms with E-state index in [1.54, 1.807) is 7.11 Å². The fourth-order valence-corrected chi connectivity index (χ4v) is 2.25. The van der Waals surface area contributed by atoms with Crippen molar-refractivity contribution in [3.63, 3.8) is 0 Å². The van der Waals surface area contributed by atoms with Crippen LogP contribution >= 0.6 is 0 Å². The second-order valence-corrected chi connectivity index (χ2v) is 5.31. The molecule has 2 aromatic rings. The summed E-state index contributed by atoms with van der Waals surface area (Å²) in [5.74, 6) is -0.135. The minimum atomic E-state index is -0.585. The number of hydrogen-bond acceptors (Lipinski definition) is 3. The van der Waals surface area contributed by atoms with Crippen LogP contribution < -0.4 is 10.2 Å². The molecular weight excluding hydrogens is 276 g/mol. The molecule has 2 rings (SSSR count). The van der Waals surface area contributed by atoms with Crippen molar-refractivity contribution in [2.45, 2.75) is 12.6 Å². The third kappa shape index (κ3) is 4.09. The molecule has 2 aromatic carbocycles. The molecule has 0 saturated carbocycles. The second-order valence-electron chi connectivity index (χ2n) is 5.31. The Balaban J connectivity index is 2.01. The van der Waals surface area contributed by atoms with Gasteiger partial charge in [0.25, 0.3) is 5.91 Å². The van der Waals surface area contributed by atoms with Crippen LogP contribution in [0.15, 0.2) is 54.6 Å². The van der Waals surface area contributed by atoms with Gasteiger partial charge in [-0.05, 0) is 23.3 Å². The number of ether oxygens (including phenoxy) is 1. The predicted molar refractivity (Wildman–Crippen MR) is 88.8 cm³/mol. The number of hydrogen-bond donors (Lipinski definition) is 1. The predicted octanol–water partition coefficient (Wildman–Crippen LogP) is 2.76. The maximum atomic E-state index is 12.3. The van der Waals surface area contributed by atoms with Gasteiger partial charge in [-0.3, -0.25) is 4.79 Å². The van der Waals surface area contributed by atoms with Gasteiger partial charge in [-0.2, -0.15) is 0 Å². The van der Waals surface area contributed by atoms with Gasteiger partial charge < -0.3 is 15.0 Å². The molecule has 4 heteroatoms. The zero-order chi connectivity index (χ0) is 15.9. The molecule has 0 aliphatic carbocycles. The first-order chi connectivity index (χ1) is 10.6. The van der Waals surface area contributed by atoms with Gasteiger partial charge in [0.05, 0.1) is 0 Å². The lowest BCUT2D eigenvalue weighted by Gasteiger charge is -2.17. The Morgan fingerprint density at radius 3 is 2.50 bits per heavy atom. The number of nitrogens with zero attached hydrogens (tertiary/aromatic N) is 1. The molecule has 0 fully saturated rings. The topological polar surface area (TPSA) is 41.6 Å². The number of carbonyl (C=O) groups is 1. The van der Waals surface area contributed by atoms with Gasteiger partial charge in [-0.25, -0.2) is 0 Å². The fraction of sp³-hybridized carbons (Fsp3) is 0.278. The summed E-state index contributed by atoms with van der Waals surface area (Å²) in [6, 6.07) is 17.6. The van der Waals surface area contributed by atoms with Crippen molar-refractivity contribution in [3.8, 4) is 0 Å². The number of rotatable bonds is 6. The second kappa shape index (κ2) is 7.61. The van der Waals surface area contributed by atoms with Crippen molar-refractivity contribution in [2.24, 2.45) is 0 Å². The SMILES string of the molecule is CO[C@@H](C(=O)NCc1cccc(N(C)C)c1)c1ccccc1. The van der Waals surface area contributed by atoms with E-state index in [0.717, 1.165) is 16.8 Å². The van der Waals surface area contributed by atoms with Gasteiger partial charge in [0.2, 0.25) is 0 Å². The van der Waals surface area contributed by atoms with Gasteiger partial charge in [0, 0.05) is 33.4 Å². The Hall–Kier alpha value is -2.33. The quantitative estimate of drug-likeness (QED) is 0.891. The molecule has 22 heavy (non-hydrogen) atoms. The lowest BCUT2D eigenvalue weighted by atomic mass is 10.1. The maximum Gasteiger partial charge on any atom is 0.254 e. The van der Waals surface area contributed by atoms with Crippen molar-refractivity contribution in [3.05, 3.63) is 65.7 Å². The van der Waals surface area contributed by atoms with Crippen LogP contribution in [0.25, 0.3) is 0 Å². The first kappa shape index (κ1) is 16.0. The Labute approximate surface area is 131 Å². The lowest BCUT2D eigenvalue weighted by Crippen LogP contribution is -2.30. The standard InChI is InChI=1S/C18H22N2O2/c1-20(2)16-11-7-8-14(12-16)13-19-18(21)17(22-3)15-9-5-4-6-10-15/h4-12,17H,13H2,1-3H3,(H,19,21)/t17-/m1/s1. The number of carbonyl (C=O) groups excluding carboxylic acids is 1. The number of anilines is 1. The highest BCUT2D eigenvalue weighted by Gasteiger charge is 2.19. The Bertz CT molecular complexity index is 611. The van der Waals surface area contributed by atoms with Crippen LogP contribution in [0.2, 0.25) is 0 Å². The van der Waals surface area contributed by atoms with Crippen molar-refractivity contribution < 1.29 is 9.53 Å². The van der Waals surface area contributed by atoms with Crippen molar-refractivity contribution in [1.82, 2.24) is 5.32 Å². The van der Waals surface area contributed by atoms with Crippen LogP contribution in [0, 0.1) is 0 Å². The molecule has 0 radical (unpaired) electrons. The summed E-state index contributed by atoms with van der Waals surface area (Å²) in [5.41, 5.74) is 3.02. The Morgan fingerprint density at radius 1 is 1.14 bits per heavy atom. The highest BCUT2D eigenvalue weighted by molar-refractivity contribution is 5.82. The van der Waals surface area contributed by atoms with Gasteiger partial charge >= 0.3 is 0 Å². The number of nitrogens with one attached hydrogen (secondary N) is 1. The molecule has 0 saturated heterocycles. The Morgan fingerprint density at radius 2 is 1.86 bits per heavy atom. The van der Waals surface area contributed by atoms with Crippen LogP contribution in [0.1, 0.15) is 17.2 Å². The smallest absolute Gasteiger partial charge is 0.254 e. The lowest BCUT2D eigenvalue weighted by molar-refractivity contribution is -0.131. The molecule has 0 unspecified atom stereocenters. The van der Waals surface area contributed by atoms with E-state index in [1.165, 1.54) is 0 Å². The first-order valence-electron chi connectivity index (χ1n) is 7.23. The minimum absolute atomic E-state index is 0.135. The number of amides is 1. The van der Waals surface area contributed by atoms with Crippen LogP contribution in [0.5, 0.6) is 0 Å². The van der Waals surface area contributed by atoms with E-state index < -0.39 is 6.10 Å².